The number of aliphatic hydroxyl groups is 1. The number of aliphatic hydroxyl groups excluding tert-OH is 1. The molecule has 1 saturated heterocycles. The molecule has 228 valence electrons. The largest absolute Gasteiger partial charge is 0.462 e. The zero-order chi connectivity index (χ0) is 30.8. The average molecular weight is 688 g/mol. The summed E-state index contributed by atoms with van der Waals surface area (Å²) in [5.41, 5.74) is 4.96. The van der Waals surface area contributed by atoms with Crippen LogP contribution in [-0.4, -0.2) is 62.7 Å². The Bertz CT molecular complexity index is 1550. The summed E-state index contributed by atoms with van der Waals surface area (Å²) in [5.74, 6) is -0.254. The molecule has 42 heavy (non-hydrogen) atoms. The quantitative estimate of drug-likeness (QED) is 0.151. The normalized spacial score (nSPS) is 24.4. The van der Waals surface area contributed by atoms with Gasteiger partial charge in [-0.2, -0.15) is 4.98 Å². The van der Waals surface area contributed by atoms with Crippen LogP contribution in [0.1, 0.15) is 33.9 Å². The van der Waals surface area contributed by atoms with Crippen molar-refractivity contribution in [2.45, 2.75) is 63.2 Å². The van der Waals surface area contributed by atoms with E-state index in [2.05, 4.69) is 26.2 Å². The van der Waals surface area contributed by atoms with Crippen LogP contribution in [0.2, 0.25) is 0 Å². The van der Waals surface area contributed by atoms with E-state index >= 15 is 0 Å². The summed E-state index contributed by atoms with van der Waals surface area (Å²) >= 11 is 9.90. The minimum absolute atomic E-state index is 0.0171. The Kier molecular flexibility index (Phi) is 10.0. The fraction of sp³-hybridized carbons (Fsp3) is 0.444. The summed E-state index contributed by atoms with van der Waals surface area (Å²) in [4.78, 5) is 27.2. The van der Waals surface area contributed by atoms with Crippen LogP contribution in [0.15, 0.2) is 57.9 Å². The summed E-state index contributed by atoms with van der Waals surface area (Å²) in [7, 11) is -4.07. The van der Waals surface area contributed by atoms with E-state index in [-0.39, 0.29) is 18.2 Å². The maximum absolute atomic E-state index is 14.2. The molecular weight excluding hydrogens is 655 g/mol. The predicted molar refractivity (Wildman–Crippen MR) is 162 cm³/mol. The van der Waals surface area contributed by atoms with Gasteiger partial charge in [0.1, 0.15) is 41.0 Å². The number of nitrogen functional groups attached to an aromatic ring is 1. The molecule has 12 nitrogen and oxygen atoms in total. The van der Waals surface area contributed by atoms with Crippen LogP contribution in [-0.2, 0) is 23.4 Å². The summed E-state index contributed by atoms with van der Waals surface area (Å²) in [6.45, 7) is 6.08. The Hall–Kier alpha value is -2.51. The third kappa shape index (κ3) is 7.16. The summed E-state index contributed by atoms with van der Waals surface area (Å²) < 4.78 is 38.6. The molecule has 0 aliphatic carbocycles. The Morgan fingerprint density at radius 2 is 1.98 bits per heavy atom. The lowest BCUT2D eigenvalue weighted by atomic mass is 10.0. The molecule has 1 aliphatic rings. The summed E-state index contributed by atoms with van der Waals surface area (Å²) in [6.07, 6.45) is -2.98. The van der Waals surface area contributed by atoms with Gasteiger partial charge >= 0.3 is 19.3 Å². The second kappa shape index (κ2) is 13.0. The van der Waals surface area contributed by atoms with E-state index in [1.54, 1.807) is 32.9 Å². The highest BCUT2D eigenvalue weighted by Crippen LogP contribution is 2.51. The number of benzene rings is 2. The lowest BCUT2D eigenvalue weighted by Gasteiger charge is -2.26. The Morgan fingerprint density at radius 3 is 2.69 bits per heavy atom. The molecule has 6 unspecified atom stereocenters. The zero-order valence-corrected chi connectivity index (χ0v) is 26.6. The average Bonchev–Trinajstić information content (AvgIpc) is 3.16. The number of esters is 1. The molecule has 2 aromatic carbocycles. The number of nitrogens with one attached hydrogen (secondary N) is 1. The number of anilines is 1. The van der Waals surface area contributed by atoms with Crippen LogP contribution in [0, 0.1) is 0 Å². The first-order chi connectivity index (χ1) is 19.7. The Morgan fingerprint density at radius 1 is 1.29 bits per heavy atom. The number of aromatic nitrogens is 2. The first kappa shape index (κ1) is 32.4. The number of fused-ring (bicyclic) bond motifs is 1. The molecule has 1 aromatic heterocycles. The van der Waals surface area contributed by atoms with Gasteiger partial charge in [-0.05, 0) is 55.1 Å². The number of nitrogens with zero attached hydrogens (tertiary/aromatic N) is 2. The van der Waals surface area contributed by atoms with Crippen LogP contribution in [0.4, 0.5) is 5.82 Å². The van der Waals surface area contributed by atoms with Gasteiger partial charge in [-0.15, -0.1) is 11.6 Å². The number of alkyl halides is 1. The number of ether oxygens (including phenoxy) is 2. The molecule has 15 heteroatoms. The van der Waals surface area contributed by atoms with Crippen molar-refractivity contribution in [1.29, 1.82) is 0 Å². The number of halogens is 2. The highest BCUT2D eigenvalue weighted by Gasteiger charge is 2.54. The van der Waals surface area contributed by atoms with Crippen LogP contribution in [0.25, 0.3) is 10.8 Å². The smallest absolute Gasteiger partial charge is 0.393 e. The highest BCUT2D eigenvalue weighted by atomic mass is 79.9. The van der Waals surface area contributed by atoms with E-state index in [9.17, 15) is 19.3 Å². The minimum atomic E-state index is -4.07. The molecule has 4 rings (SSSR count). The number of carbonyl (C=O) groups excluding carboxylic acids is 1. The molecule has 0 radical (unpaired) electrons. The standard InChI is InChI=1S/C27H33BrClN4O8P/c1-15(2)39-24(35)16(3)31-14-42(37,41-20-11-7-9-17-8-5-6-10-18(17)20)38-13-21-22(34)27(4,29)25(40-21)33-12-19(28)23(30)32-26(33)36/h5-12,15-16,21-22,25,31,34H,13-14H2,1-4H3,(H2,30,32,36). The van der Waals surface area contributed by atoms with E-state index < -0.39 is 55.2 Å². The van der Waals surface area contributed by atoms with Crippen LogP contribution in [0.3, 0.4) is 0 Å². The van der Waals surface area contributed by atoms with E-state index in [0.717, 1.165) is 9.95 Å². The molecule has 0 bridgehead atoms. The monoisotopic (exact) mass is 686 g/mol. The molecule has 6 atom stereocenters. The van der Waals surface area contributed by atoms with Gasteiger partial charge in [0, 0.05) is 11.6 Å². The van der Waals surface area contributed by atoms with Crippen molar-refractivity contribution in [3.8, 4) is 5.75 Å². The van der Waals surface area contributed by atoms with Crippen molar-refractivity contribution >= 4 is 57.7 Å². The Labute approximate surface area is 256 Å². The van der Waals surface area contributed by atoms with Crippen LogP contribution < -0.4 is 21.3 Å². The second-order valence-corrected chi connectivity index (χ2v) is 14.0. The Balaban J connectivity index is 1.57. The van der Waals surface area contributed by atoms with Gasteiger partial charge in [0.15, 0.2) is 6.23 Å². The van der Waals surface area contributed by atoms with Crippen molar-refractivity contribution in [3.63, 3.8) is 0 Å². The summed E-state index contributed by atoms with van der Waals surface area (Å²) in [6, 6.07) is 11.8. The van der Waals surface area contributed by atoms with Gasteiger partial charge in [-0.25, -0.2) is 9.36 Å². The van der Waals surface area contributed by atoms with E-state index in [4.69, 9.17) is 35.9 Å². The van der Waals surface area contributed by atoms with Crippen LogP contribution in [0.5, 0.6) is 5.75 Å². The van der Waals surface area contributed by atoms with E-state index in [0.29, 0.717) is 15.6 Å². The van der Waals surface area contributed by atoms with Crippen molar-refractivity contribution in [2.24, 2.45) is 0 Å². The molecule has 0 saturated carbocycles. The molecule has 1 aliphatic heterocycles. The third-order valence-corrected chi connectivity index (χ3v) is 9.23. The zero-order valence-electron chi connectivity index (χ0n) is 23.4. The minimum Gasteiger partial charge on any atom is -0.462 e. The number of rotatable bonds is 11. The number of nitrogens with two attached hydrogens (primary N) is 1. The SMILES string of the molecule is CC(C)OC(=O)C(C)NCP(=O)(OCC1OC(n2cc(Br)c(N)nc2=O)C(C)(Cl)C1O)Oc1cccc2ccccc12. The van der Waals surface area contributed by atoms with Gasteiger partial charge in [0.25, 0.3) is 0 Å². The maximum atomic E-state index is 14.2. The van der Waals surface area contributed by atoms with Gasteiger partial charge in [0.05, 0.1) is 17.2 Å². The first-order valence-electron chi connectivity index (χ1n) is 13.1. The lowest BCUT2D eigenvalue weighted by Crippen LogP contribution is -2.42. The fourth-order valence-electron chi connectivity index (χ4n) is 4.36. The predicted octanol–water partition coefficient (Wildman–Crippen LogP) is 4.17. The second-order valence-electron chi connectivity index (χ2n) is 10.3. The van der Waals surface area contributed by atoms with Crippen molar-refractivity contribution in [1.82, 2.24) is 14.9 Å². The van der Waals surface area contributed by atoms with Crippen molar-refractivity contribution < 1.29 is 33.0 Å². The van der Waals surface area contributed by atoms with Crippen molar-refractivity contribution in [2.75, 3.05) is 18.6 Å². The third-order valence-electron chi connectivity index (χ3n) is 6.62. The molecule has 2 heterocycles. The molecule has 3 aromatic rings. The van der Waals surface area contributed by atoms with Gasteiger partial charge in [-0.1, -0.05) is 36.4 Å². The number of carbonyl (C=O) groups is 1. The summed E-state index contributed by atoms with van der Waals surface area (Å²) in [5, 5.41) is 15.5. The molecular formula is C27H33BrClN4O8P. The van der Waals surface area contributed by atoms with Crippen molar-refractivity contribution in [3.05, 3.63) is 63.6 Å². The molecule has 0 spiro atoms. The molecule has 1 fully saturated rings. The van der Waals surface area contributed by atoms with E-state index in [1.807, 2.05) is 30.3 Å². The first-order valence-corrected chi connectivity index (χ1v) is 16.0. The highest BCUT2D eigenvalue weighted by molar-refractivity contribution is 9.10. The van der Waals surface area contributed by atoms with Gasteiger partial charge in [0.2, 0.25) is 0 Å². The van der Waals surface area contributed by atoms with Gasteiger partial charge in [-0.3, -0.25) is 19.2 Å². The number of hydrogen-bond acceptors (Lipinski definition) is 11. The van der Waals surface area contributed by atoms with Gasteiger partial charge < -0.3 is 24.8 Å². The fourth-order valence-corrected chi connectivity index (χ4v) is 6.50. The maximum Gasteiger partial charge on any atom is 0.393 e. The van der Waals surface area contributed by atoms with Crippen LogP contribution >= 0.6 is 35.1 Å². The van der Waals surface area contributed by atoms with E-state index in [1.165, 1.54) is 13.1 Å². The number of hydrogen-bond donors (Lipinski definition) is 3. The molecule has 4 N–H and O–H groups in total. The lowest BCUT2D eigenvalue weighted by molar-refractivity contribution is -0.149. The molecule has 0 amide bonds. The topological polar surface area (TPSA) is 164 Å².